The van der Waals surface area contributed by atoms with Crippen LogP contribution in [0.1, 0.15) is 11.1 Å². The zero-order valence-electron chi connectivity index (χ0n) is 10.1. The third kappa shape index (κ3) is 2.48. The molecule has 0 fully saturated rings. The third-order valence-corrected chi connectivity index (χ3v) is 2.85. The van der Waals surface area contributed by atoms with Crippen molar-refractivity contribution in [2.75, 3.05) is 7.11 Å². The highest BCUT2D eigenvalue weighted by molar-refractivity contribution is 5.68. The average molecular weight is 228 g/mol. The summed E-state index contributed by atoms with van der Waals surface area (Å²) in [5.41, 5.74) is 4.38. The highest BCUT2D eigenvalue weighted by Gasteiger charge is 2.03. The Bertz CT molecular complexity index is 518. The molecule has 0 aromatic heterocycles. The molecule has 0 amide bonds. The highest BCUT2D eigenvalue weighted by Crippen LogP contribution is 2.27. The number of aliphatic hydroxyl groups excluding tert-OH is 1. The monoisotopic (exact) mass is 228 g/mol. The van der Waals surface area contributed by atoms with E-state index < -0.39 is 0 Å². The van der Waals surface area contributed by atoms with Crippen LogP contribution in [-0.2, 0) is 6.61 Å². The van der Waals surface area contributed by atoms with E-state index in [1.54, 1.807) is 7.11 Å². The third-order valence-electron chi connectivity index (χ3n) is 2.85. The van der Waals surface area contributed by atoms with E-state index in [0.29, 0.717) is 0 Å². The predicted octanol–water partition coefficient (Wildman–Crippen LogP) is 3.16. The molecule has 88 valence electrons. The zero-order chi connectivity index (χ0) is 12.3. The van der Waals surface area contributed by atoms with Crippen molar-refractivity contribution in [1.82, 2.24) is 0 Å². The predicted molar refractivity (Wildman–Crippen MR) is 69.1 cm³/mol. The van der Waals surface area contributed by atoms with Gasteiger partial charge in [0, 0.05) is 0 Å². The lowest BCUT2D eigenvalue weighted by Gasteiger charge is -2.09. The van der Waals surface area contributed by atoms with Gasteiger partial charge in [-0.15, -0.1) is 0 Å². The summed E-state index contributed by atoms with van der Waals surface area (Å²) in [7, 11) is 1.67. The van der Waals surface area contributed by atoms with Gasteiger partial charge in [-0.05, 0) is 47.4 Å². The van der Waals surface area contributed by atoms with Gasteiger partial charge in [-0.1, -0.05) is 24.3 Å². The van der Waals surface area contributed by atoms with Crippen LogP contribution in [0.2, 0.25) is 0 Å². The lowest BCUT2D eigenvalue weighted by atomic mass is 9.99. The number of benzene rings is 2. The van der Waals surface area contributed by atoms with Crippen molar-refractivity contribution in [2.24, 2.45) is 0 Å². The van der Waals surface area contributed by atoms with Crippen molar-refractivity contribution < 1.29 is 9.84 Å². The molecule has 0 unspecified atom stereocenters. The molecule has 0 aliphatic carbocycles. The summed E-state index contributed by atoms with van der Waals surface area (Å²) in [6, 6.07) is 14.0. The molecule has 0 spiro atoms. The number of hydrogen-bond acceptors (Lipinski definition) is 2. The molecule has 0 bridgehead atoms. The lowest BCUT2D eigenvalue weighted by molar-refractivity contribution is 0.282. The normalized spacial score (nSPS) is 10.3. The van der Waals surface area contributed by atoms with Gasteiger partial charge in [0.05, 0.1) is 13.7 Å². The van der Waals surface area contributed by atoms with E-state index in [1.807, 2.05) is 42.5 Å². The van der Waals surface area contributed by atoms with E-state index in [0.717, 1.165) is 16.9 Å². The molecule has 0 aliphatic rings. The molecule has 17 heavy (non-hydrogen) atoms. The van der Waals surface area contributed by atoms with Gasteiger partial charge in [0.15, 0.2) is 0 Å². The Labute approximate surface area is 101 Å². The highest BCUT2D eigenvalue weighted by atomic mass is 16.5. The van der Waals surface area contributed by atoms with Gasteiger partial charge in [-0.3, -0.25) is 0 Å². The maximum atomic E-state index is 9.14. The van der Waals surface area contributed by atoms with E-state index in [9.17, 15) is 0 Å². The van der Waals surface area contributed by atoms with Gasteiger partial charge >= 0.3 is 0 Å². The molecule has 2 heteroatoms. The van der Waals surface area contributed by atoms with E-state index in [4.69, 9.17) is 9.84 Å². The smallest absolute Gasteiger partial charge is 0.119 e. The van der Waals surface area contributed by atoms with E-state index in [1.165, 1.54) is 11.1 Å². The fraction of sp³-hybridized carbons (Fsp3) is 0.200. The van der Waals surface area contributed by atoms with Crippen molar-refractivity contribution in [2.45, 2.75) is 13.5 Å². The van der Waals surface area contributed by atoms with Gasteiger partial charge in [0.1, 0.15) is 5.75 Å². The number of aryl methyl sites for hydroxylation is 1. The maximum Gasteiger partial charge on any atom is 0.119 e. The number of rotatable bonds is 3. The summed E-state index contributed by atoms with van der Waals surface area (Å²) in [6.45, 7) is 2.13. The van der Waals surface area contributed by atoms with Gasteiger partial charge in [0.25, 0.3) is 0 Å². The van der Waals surface area contributed by atoms with Crippen LogP contribution >= 0.6 is 0 Å². The molecule has 0 aliphatic heterocycles. The summed E-state index contributed by atoms with van der Waals surface area (Å²) in [5.74, 6) is 0.865. The topological polar surface area (TPSA) is 29.5 Å². The lowest BCUT2D eigenvalue weighted by Crippen LogP contribution is -1.89. The van der Waals surface area contributed by atoms with E-state index in [-0.39, 0.29) is 6.61 Å². The Kier molecular flexibility index (Phi) is 3.45. The second-order valence-corrected chi connectivity index (χ2v) is 4.04. The van der Waals surface area contributed by atoms with Gasteiger partial charge < -0.3 is 9.84 Å². The SMILES string of the molecule is COc1ccc(-c2cccc(CO)c2)c(C)c1. The van der Waals surface area contributed by atoms with Gasteiger partial charge in [0.2, 0.25) is 0 Å². The molecule has 2 aromatic rings. The van der Waals surface area contributed by atoms with Crippen molar-refractivity contribution >= 4 is 0 Å². The second-order valence-electron chi connectivity index (χ2n) is 4.04. The number of hydrogen-bond donors (Lipinski definition) is 1. The van der Waals surface area contributed by atoms with Crippen LogP contribution < -0.4 is 4.74 Å². The molecule has 0 radical (unpaired) electrons. The first-order chi connectivity index (χ1) is 8.24. The van der Waals surface area contributed by atoms with Crippen molar-refractivity contribution in [3.05, 3.63) is 53.6 Å². The van der Waals surface area contributed by atoms with Crippen molar-refractivity contribution in [3.63, 3.8) is 0 Å². The van der Waals surface area contributed by atoms with Crippen LogP contribution in [0, 0.1) is 6.92 Å². The molecular formula is C15H16O2. The largest absolute Gasteiger partial charge is 0.497 e. The second kappa shape index (κ2) is 5.02. The number of methoxy groups -OCH3 is 1. The Morgan fingerprint density at radius 1 is 1.12 bits per heavy atom. The Balaban J connectivity index is 2.45. The minimum atomic E-state index is 0.0725. The van der Waals surface area contributed by atoms with Crippen LogP contribution in [0.5, 0.6) is 5.75 Å². The fourth-order valence-corrected chi connectivity index (χ4v) is 1.92. The molecule has 0 saturated heterocycles. The number of aliphatic hydroxyl groups is 1. The summed E-state index contributed by atoms with van der Waals surface area (Å²) < 4.78 is 5.19. The molecule has 0 atom stereocenters. The first-order valence-corrected chi connectivity index (χ1v) is 5.59. The molecule has 2 aromatic carbocycles. The van der Waals surface area contributed by atoms with Crippen LogP contribution in [0.4, 0.5) is 0 Å². The van der Waals surface area contributed by atoms with Crippen molar-refractivity contribution in [3.8, 4) is 16.9 Å². The van der Waals surface area contributed by atoms with Gasteiger partial charge in [-0.2, -0.15) is 0 Å². The van der Waals surface area contributed by atoms with Crippen molar-refractivity contribution in [1.29, 1.82) is 0 Å². The quantitative estimate of drug-likeness (QED) is 0.874. The van der Waals surface area contributed by atoms with Crippen LogP contribution in [0.15, 0.2) is 42.5 Å². The summed E-state index contributed by atoms with van der Waals surface area (Å²) in [5, 5.41) is 9.14. The minimum Gasteiger partial charge on any atom is -0.497 e. The Morgan fingerprint density at radius 3 is 2.59 bits per heavy atom. The summed E-state index contributed by atoms with van der Waals surface area (Å²) >= 11 is 0. The standard InChI is InChI=1S/C15H16O2/c1-11-8-14(17-2)6-7-15(11)13-5-3-4-12(9-13)10-16/h3-9,16H,10H2,1-2H3. The minimum absolute atomic E-state index is 0.0725. The zero-order valence-corrected chi connectivity index (χ0v) is 10.1. The molecule has 1 N–H and O–H groups in total. The first kappa shape index (κ1) is 11.7. The molecule has 0 heterocycles. The van der Waals surface area contributed by atoms with E-state index >= 15 is 0 Å². The first-order valence-electron chi connectivity index (χ1n) is 5.59. The molecule has 2 rings (SSSR count). The number of ether oxygens (including phenoxy) is 1. The Hall–Kier alpha value is -1.80. The van der Waals surface area contributed by atoms with Gasteiger partial charge in [-0.25, -0.2) is 0 Å². The van der Waals surface area contributed by atoms with Crippen LogP contribution in [-0.4, -0.2) is 12.2 Å². The summed E-state index contributed by atoms with van der Waals surface area (Å²) in [4.78, 5) is 0. The maximum absolute atomic E-state index is 9.14. The van der Waals surface area contributed by atoms with E-state index in [2.05, 4.69) is 6.92 Å². The average Bonchev–Trinajstić information content (AvgIpc) is 2.38. The van der Waals surface area contributed by atoms with Crippen LogP contribution in [0.3, 0.4) is 0 Å². The molecule has 0 saturated carbocycles. The Morgan fingerprint density at radius 2 is 1.94 bits per heavy atom. The molecular weight excluding hydrogens is 212 g/mol. The fourth-order valence-electron chi connectivity index (χ4n) is 1.92. The molecule has 2 nitrogen and oxygen atoms in total. The van der Waals surface area contributed by atoms with Crippen LogP contribution in [0.25, 0.3) is 11.1 Å². The summed E-state index contributed by atoms with van der Waals surface area (Å²) in [6.07, 6.45) is 0.